The Bertz CT molecular complexity index is 868. The van der Waals surface area contributed by atoms with Crippen LogP contribution in [0.5, 0.6) is 0 Å². The maximum atomic E-state index is 3.88. The molecule has 3 rings (SSSR count). The summed E-state index contributed by atoms with van der Waals surface area (Å²) in [6.45, 7) is 13.6. The predicted molar refractivity (Wildman–Crippen MR) is 118 cm³/mol. The van der Waals surface area contributed by atoms with Crippen LogP contribution in [0.2, 0.25) is 0 Å². The van der Waals surface area contributed by atoms with E-state index in [4.69, 9.17) is 0 Å². The minimum absolute atomic E-state index is 0.227. The van der Waals surface area contributed by atoms with Crippen LogP contribution < -0.4 is 21.6 Å². The highest BCUT2D eigenvalue weighted by Crippen LogP contribution is 2.12. The van der Waals surface area contributed by atoms with Crippen LogP contribution in [0, 0.1) is 41.5 Å². The van der Waals surface area contributed by atoms with E-state index in [1.165, 1.54) is 49.8 Å². The first-order valence-corrected chi connectivity index (χ1v) is 9.75. The molecule has 0 fully saturated rings. The number of aryl methyl sites for hydroxylation is 6. The summed E-state index contributed by atoms with van der Waals surface area (Å²) in [6, 6.07) is 17.9. The van der Waals surface area contributed by atoms with Crippen LogP contribution in [-0.4, -0.2) is 17.0 Å². The van der Waals surface area contributed by atoms with Gasteiger partial charge in [-0.25, -0.2) is 0 Å². The van der Waals surface area contributed by atoms with Gasteiger partial charge >= 0.3 is 0 Å². The van der Waals surface area contributed by atoms with Gasteiger partial charge in [0.2, 0.25) is 6.71 Å². The first-order chi connectivity index (χ1) is 12.3. The second kappa shape index (κ2) is 7.28. The molecule has 26 heavy (non-hydrogen) atoms. The van der Waals surface area contributed by atoms with E-state index in [0.717, 1.165) is 5.19 Å². The molecule has 0 spiro atoms. The summed E-state index contributed by atoms with van der Waals surface area (Å²) in [7, 11) is 3.88. The Morgan fingerprint density at radius 1 is 0.615 bits per heavy atom. The van der Waals surface area contributed by atoms with E-state index in [2.05, 4.69) is 100 Å². The highest BCUT2D eigenvalue weighted by atomic mass is 28.1. The lowest BCUT2D eigenvalue weighted by Crippen LogP contribution is -2.59. The fraction of sp³-hybridized carbons (Fsp3) is 0.250. The molecule has 0 nitrogen and oxygen atoms in total. The molecular weight excluding hydrogens is 327 g/mol. The molecule has 0 unspecified atom stereocenters. The second-order valence-electron chi connectivity index (χ2n) is 7.65. The van der Waals surface area contributed by atoms with Gasteiger partial charge in [-0.1, -0.05) is 103 Å². The molecule has 0 saturated heterocycles. The third-order valence-corrected chi connectivity index (χ3v) is 5.78. The van der Waals surface area contributed by atoms with E-state index in [0.29, 0.717) is 0 Å². The van der Waals surface area contributed by atoms with E-state index < -0.39 is 0 Å². The van der Waals surface area contributed by atoms with Crippen LogP contribution in [0.25, 0.3) is 0 Å². The standard InChI is InChI=1S/C24H26BSi/c1-15-11-17(3)23(18(4)12-15)25(21-9-7-8-10-22(21)26)24-19(5)13-16(2)14-20(24)6/h7-14H,1-6H3. The Kier molecular flexibility index (Phi) is 5.25. The van der Waals surface area contributed by atoms with Crippen molar-refractivity contribution in [3.8, 4) is 0 Å². The molecule has 0 N–H and O–H groups in total. The highest BCUT2D eigenvalue weighted by molar-refractivity contribution is 6.98. The molecule has 0 saturated carbocycles. The van der Waals surface area contributed by atoms with Gasteiger partial charge in [-0.05, 0) is 41.5 Å². The normalized spacial score (nSPS) is 10.9. The van der Waals surface area contributed by atoms with Crippen molar-refractivity contribution in [2.24, 2.45) is 0 Å². The van der Waals surface area contributed by atoms with Crippen molar-refractivity contribution in [2.75, 3.05) is 0 Å². The van der Waals surface area contributed by atoms with Gasteiger partial charge in [0.1, 0.15) is 0 Å². The summed E-state index contributed by atoms with van der Waals surface area (Å²) >= 11 is 0. The molecule has 3 aromatic rings. The molecule has 0 aliphatic heterocycles. The zero-order valence-electron chi connectivity index (χ0n) is 16.7. The Morgan fingerprint density at radius 2 is 1.00 bits per heavy atom. The van der Waals surface area contributed by atoms with Gasteiger partial charge in [0.05, 0.1) is 10.2 Å². The SMILES string of the molecule is Cc1cc(C)c(B(c2ccccc2[Si])c2c(C)cc(C)cc2C)c(C)c1. The molecule has 0 aromatic heterocycles. The summed E-state index contributed by atoms with van der Waals surface area (Å²) < 4.78 is 0. The molecule has 0 atom stereocenters. The summed E-state index contributed by atoms with van der Waals surface area (Å²) in [5.74, 6) is 0. The largest absolute Gasteiger partial charge is 0.242 e. The fourth-order valence-electron chi connectivity index (χ4n) is 4.50. The lowest BCUT2D eigenvalue weighted by Gasteiger charge is -2.25. The second-order valence-corrected chi connectivity index (χ2v) is 8.18. The molecule has 0 amide bonds. The molecule has 129 valence electrons. The molecule has 0 aliphatic carbocycles. The van der Waals surface area contributed by atoms with Crippen LogP contribution in [-0.2, 0) is 0 Å². The van der Waals surface area contributed by atoms with E-state index in [9.17, 15) is 0 Å². The number of hydrogen-bond donors (Lipinski definition) is 0. The summed E-state index contributed by atoms with van der Waals surface area (Å²) in [6.07, 6.45) is 0. The Morgan fingerprint density at radius 3 is 1.38 bits per heavy atom. The van der Waals surface area contributed by atoms with Gasteiger partial charge in [0.15, 0.2) is 0 Å². The monoisotopic (exact) mass is 353 g/mol. The molecule has 2 heteroatoms. The van der Waals surface area contributed by atoms with Crippen molar-refractivity contribution >= 4 is 38.5 Å². The molecular formula is C24H26BSi. The quantitative estimate of drug-likeness (QED) is 0.636. The Labute approximate surface area is 162 Å². The van der Waals surface area contributed by atoms with Gasteiger partial charge < -0.3 is 0 Å². The average molecular weight is 353 g/mol. The summed E-state index contributed by atoms with van der Waals surface area (Å²) in [5, 5.41) is 1.16. The maximum Gasteiger partial charge on any atom is 0.242 e. The van der Waals surface area contributed by atoms with Gasteiger partial charge in [-0.3, -0.25) is 0 Å². The van der Waals surface area contributed by atoms with Crippen molar-refractivity contribution in [1.82, 2.24) is 0 Å². The topological polar surface area (TPSA) is 0 Å². The number of rotatable bonds is 3. The van der Waals surface area contributed by atoms with E-state index in [-0.39, 0.29) is 6.71 Å². The minimum atomic E-state index is 0.227. The fourth-order valence-corrected chi connectivity index (χ4v) is 4.82. The van der Waals surface area contributed by atoms with E-state index in [1.54, 1.807) is 0 Å². The first-order valence-electron chi connectivity index (χ1n) is 9.25. The molecule has 3 radical (unpaired) electrons. The van der Waals surface area contributed by atoms with Crippen molar-refractivity contribution in [3.05, 3.63) is 81.9 Å². The Balaban J connectivity index is 2.39. The van der Waals surface area contributed by atoms with Crippen LogP contribution in [0.1, 0.15) is 33.4 Å². The van der Waals surface area contributed by atoms with Crippen LogP contribution >= 0.6 is 0 Å². The Hall–Kier alpha value is -2.06. The van der Waals surface area contributed by atoms with Gasteiger partial charge in [-0.2, -0.15) is 0 Å². The lowest BCUT2D eigenvalue weighted by atomic mass is 9.34. The van der Waals surface area contributed by atoms with Crippen molar-refractivity contribution in [2.45, 2.75) is 41.5 Å². The number of benzene rings is 3. The predicted octanol–water partition coefficient (Wildman–Crippen LogP) is 2.85. The van der Waals surface area contributed by atoms with Gasteiger partial charge in [0.25, 0.3) is 0 Å². The third kappa shape index (κ3) is 3.43. The zero-order chi connectivity index (χ0) is 19.0. The van der Waals surface area contributed by atoms with Crippen molar-refractivity contribution in [3.63, 3.8) is 0 Å². The zero-order valence-corrected chi connectivity index (χ0v) is 17.7. The molecule has 3 aromatic carbocycles. The van der Waals surface area contributed by atoms with Crippen LogP contribution in [0.4, 0.5) is 0 Å². The van der Waals surface area contributed by atoms with E-state index in [1.807, 2.05) is 0 Å². The number of hydrogen-bond acceptors (Lipinski definition) is 0. The maximum absolute atomic E-state index is 3.88. The molecule has 0 aliphatic rings. The van der Waals surface area contributed by atoms with Crippen molar-refractivity contribution in [1.29, 1.82) is 0 Å². The van der Waals surface area contributed by atoms with Gasteiger partial charge in [0, 0.05) is 0 Å². The third-order valence-electron chi connectivity index (χ3n) is 5.33. The average Bonchev–Trinajstić information content (AvgIpc) is 2.52. The molecule has 0 bridgehead atoms. The van der Waals surface area contributed by atoms with Gasteiger partial charge in [-0.15, -0.1) is 0 Å². The molecule has 0 heterocycles. The van der Waals surface area contributed by atoms with Crippen molar-refractivity contribution < 1.29 is 0 Å². The smallest absolute Gasteiger partial charge is 0.0719 e. The van der Waals surface area contributed by atoms with E-state index >= 15 is 0 Å². The van der Waals surface area contributed by atoms with Crippen LogP contribution in [0.15, 0.2) is 48.5 Å². The minimum Gasteiger partial charge on any atom is -0.0719 e. The highest BCUT2D eigenvalue weighted by Gasteiger charge is 2.29. The summed E-state index contributed by atoms with van der Waals surface area (Å²) in [4.78, 5) is 0. The lowest BCUT2D eigenvalue weighted by molar-refractivity contribution is 1.34. The van der Waals surface area contributed by atoms with Crippen LogP contribution in [0.3, 0.4) is 0 Å². The first kappa shape index (κ1) is 18.7. The summed E-state index contributed by atoms with van der Waals surface area (Å²) in [5.41, 5.74) is 12.3.